The molecule has 1 aliphatic rings. The van der Waals surface area contributed by atoms with E-state index < -0.39 is 0 Å². The second-order valence-electron chi connectivity index (χ2n) is 3.00. The molecule has 0 saturated carbocycles. The molecule has 0 aliphatic heterocycles. The van der Waals surface area contributed by atoms with E-state index in [-0.39, 0.29) is 5.41 Å². The van der Waals surface area contributed by atoms with Crippen LogP contribution in [-0.4, -0.2) is 6.29 Å². The predicted molar refractivity (Wildman–Crippen MR) is 41.7 cm³/mol. The molecule has 0 saturated heterocycles. The van der Waals surface area contributed by atoms with E-state index in [1.807, 2.05) is 6.92 Å². The smallest absolute Gasteiger partial charge is 0.146 e. The number of aldehydes is 1. The monoisotopic (exact) mass is 136 g/mol. The van der Waals surface area contributed by atoms with E-state index in [2.05, 4.69) is 18.7 Å². The molecule has 0 N–H and O–H groups in total. The summed E-state index contributed by atoms with van der Waals surface area (Å²) in [5.74, 6) is 0. The summed E-state index contributed by atoms with van der Waals surface area (Å²) in [7, 11) is 0. The van der Waals surface area contributed by atoms with Crippen LogP contribution in [0.3, 0.4) is 0 Å². The van der Waals surface area contributed by atoms with Crippen molar-refractivity contribution < 1.29 is 4.79 Å². The maximum atomic E-state index is 10.4. The maximum Gasteiger partial charge on any atom is 0.146 e. The van der Waals surface area contributed by atoms with E-state index in [1.54, 1.807) is 0 Å². The minimum absolute atomic E-state index is 0.0399. The van der Waals surface area contributed by atoms with Crippen molar-refractivity contribution in [3.63, 3.8) is 0 Å². The molecule has 1 unspecified atom stereocenters. The number of hydrogen-bond donors (Lipinski definition) is 0. The van der Waals surface area contributed by atoms with Crippen LogP contribution in [0, 0.1) is 5.41 Å². The number of rotatable bonds is 2. The highest BCUT2D eigenvalue weighted by atomic mass is 16.1. The number of carbonyl (C=O) groups excluding carboxylic acids is 1. The van der Waals surface area contributed by atoms with Crippen LogP contribution in [0.2, 0.25) is 0 Å². The van der Waals surface area contributed by atoms with Gasteiger partial charge >= 0.3 is 0 Å². The van der Waals surface area contributed by atoms with E-state index in [1.165, 1.54) is 0 Å². The van der Waals surface area contributed by atoms with Crippen LogP contribution in [0.1, 0.15) is 19.8 Å². The maximum absolute atomic E-state index is 10.4. The lowest BCUT2D eigenvalue weighted by Crippen LogP contribution is -2.12. The van der Waals surface area contributed by atoms with E-state index in [0.717, 1.165) is 19.1 Å². The third-order valence-electron chi connectivity index (χ3n) is 2.19. The van der Waals surface area contributed by atoms with Gasteiger partial charge in [0, 0.05) is 5.41 Å². The summed E-state index contributed by atoms with van der Waals surface area (Å²) in [6.07, 6.45) is 7.14. The molecule has 0 aromatic heterocycles. The van der Waals surface area contributed by atoms with Gasteiger partial charge in [0.15, 0.2) is 0 Å². The van der Waals surface area contributed by atoms with Crippen molar-refractivity contribution in [2.45, 2.75) is 19.8 Å². The largest absolute Gasteiger partial charge is 0.298 e. The fourth-order valence-electron chi connectivity index (χ4n) is 1.21. The van der Waals surface area contributed by atoms with Gasteiger partial charge in [-0.2, -0.15) is 0 Å². The first-order valence-electron chi connectivity index (χ1n) is 3.51. The normalized spacial score (nSPS) is 30.5. The predicted octanol–water partition coefficient (Wildman–Crippen LogP) is 2.10. The topological polar surface area (TPSA) is 17.1 Å². The molecular weight excluding hydrogens is 124 g/mol. The molecule has 54 valence electrons. The van der Waals surface area contributed by atoms with Crippen molar-refractivity contribution in [1.82, 2.24) is 0 Å². The van der Waals surface area contributed by atoms with Gasteiger partial charge in [0.25, 0.3) is 0 Å². The van der Waals surface area contributed by atoms with Crippen LogP contribution >= 0.6 is 0 Å². The van der Waals surface area contributed by atoms with Crippen LogP contribution in [0.4, 0.5) is 0 Å². The number of hydrogen-bond acceptors (Lipinski definition) is 1. The quantitative estimate of drug-likeness (QED) is 0.323. The Balaban J connectivity index is 2.77. The van der Waals surface area contributed by atoms with Crippen LogP contribution in [0.5, 0.6) is 0 Å². The van der Waals surface area contributed by atoms with Crippen molar-refractivity contribution in [3.05, 3.63) is 24.3 Å². The van der Waals surface area contributed by atoms with Crippen molar-refractivity contribution in [1.29, 1.82) is 0 Å². The molecular formula is C9H12O. The molecule has 10 heavy (non-hydrogen) atoms. The third kappa shape index (κ3) is 1.04. The molecule has 0 bridgehead atoms. The Labute approximate surface area is 61.4 Å². The van der Waals surface area contributed by atoms with Gasteiger partial charge in [-0.05, 0) is 18.4 Å². The average Bonchev–Trinajstić information content (AvgIpc) is 2.36. The summed E-state index contributed by atoms with van der Waals surface area (Å²) in [5.41, 5.74) is 0.656. The highest BCUT2D eigenvalue weighted by molar-refractivity contribution is 5.75. The Bertz CT molecular complexity index is 191. The Kier molecular flexibility index (Phi) is 1.75. The van der Waals surface area contributed by atoms with Crippen LogP contribution < -0.4 is 0 Å². The Morgan fingerprint density at radius 3 is 2.90 bits per heavy atom. The number of carbonyl (C=O) groups is 1. The standard InChI is InChI=1S/C9H12O/c1-8(7-10)9(2)5-3-4-6-9/h3,5,7H,1,4,6H2,2H3. The highest BCUT2D eigenvalue weighted by Gasteiger charge is 2.26. The summed E-state index contributed by atoms with van der Waals surface area (Å²) in [6, 6.07) is 0. The SMILES string of the molecule is C=C(C=O)C1(C)C=CCC1. The Morgan fingerprint density at radius 2 is 2.50 bits per heavy atom. The molecule has 1 rings (SSSR count). The second kappa shape index (κ2) is 2.41. The van der Waals surface area contributed by atoms with Crippen molar-refractivity contribution in [2.24, 2.45) is 5.41 Å². The molecule has 0 radical (unpaired) electrons. The fourth-order valence-corrected chi connectivity index (χ4v) is 1.21. The fraction of sp³-hybridized carbons (Fsp3) is 0.444. The minimum Gasteiger partial charge on any atom is -0.298 e. The molecule has 1 nitrogen and oxygen atoms in total. The van der Waals surface area contributed by atoms with Crippen LogP contribution in [0.15, 0.2) is 24.3 Å². The third-order valence-corrected chi connectivity index (χ3v) is 2.19. The second-order valence-corrected chi connectivity index (χ2v) is 3.00. The molecule has 1 atom stereocenters. The summed E-state index contributed by atoms with van der Waals surface area (Å²) >= 11 is 0. The van der Waals surface area contributed by atoms with Crippen molar-refractivity contribution in [2.75, 3.05) is 0 Å². The first kappa shape index (κ1) is 7.26. The van der Waals surface area contributed by atoms with Crippen LogP contribution in [-0.2, 0) is 4.79 Å². The molecule has 1 heteroatoms. The molecule has 0 aromatic rings. The molecule has 1 aliphatic carbocycles. The van der Waals surface area contributed by atoms with Gasteiger partial charge < -0.3 is 0 Å². The van der Waals surface area contributed by atoms with Gasteiger partial charge in [-0.15, -0.1) is 0 Å². The van der Waals surface area contributed by atoms with Crippen molar-refractivity contribution in [3.8, 4) is 0 Å². The highest BCUT2D eigenvalue weighted by Crippen LogP contribution is 2.36. The number of allylic oxidation sites excluding steroid dienone is 3. The molecule has 0 fully saturated rings. The van der Waals surface area contributed by atoms with E-state index in [9.17, 15) is 4.79 Å². The zero-order chi connectivity index (χ0) is 7.61. The van der Waals surface area contributed by atoms with Gasteiger partial charge in [0.1, 0.15) is 6.29 Å². The molecule has 0 amide bonds. The molecule has 0 spiro atoms. The van der Waals surface area contributed by atoms with Crippen LogP contribution in [0.25, 0.3) is 0 Å². The van der Waals surface area contributed by atoms with Gasteiger partial charge in [-0.1, -0.05) is 25.7 Å². The molecule has 0 aromatic carbocycles. The zero-order valence-corrected chi connectivity index (χ0v) is 6.26. The van der Waals surface area contributed by atoms with E-state index in [4.69, 9.17) is 0 Å². The average molecular weight is 136 g/mol. The summed E-state index contributed by atoms with van der Waals surface area (Å²) in [6.45, 7) is 5.76. The van der Waals surface area contributed by atoms with Gasteiger partial charge in [0.05, 0.1) is 0 Å². The minimum atomic E-state index is -0.0399. The lowest BCUT2D eigenvalue weighted by Gasteiger charge is -2.20. The summed E-state index contributed by atoms with van der Waals surface area (Å²) in [4.78, 5) is 10.4. The zero-order valence-electron chi connectivity index (χ0n) is 6.26. The first-order valence-corrected chi connectivity index (χ1v) is 3.51. The lowest BCUT2D eigenvalue weighted by atomic mass is 9.83. The van der Waals surface area contributed by atoms with Gasteiger partial charge in [-0.3, -0.25) is 4.79 Å². The van der Waals surface area contributed by atoms with Gasteiger partial charge in [-0.25, -0.2) is 0 Å². The summed E-state index contributed by atoms with van der Waals surface area (Å²) < 4.78 is 0. The van der Waals surface area contributed by atoms with E-state index in [0.29, 0.717) is 5.57 Å². The van der Waals surface area contributed by atoms with E-state index >= 15 is 0 Å². The first-order chi connectivity index (χ1) is 4.69. The summed E-state index contributed by atoms with van der Waals surface area (Å²) in [5, 5.41) is 0. The Morgan fingerprint density at radius 1 is 1.80 bits per heavy atom. The van der Waals surface area contributed by atoms with Gasteiger partial charge in [0.2, 0.25) is 0 Å². The Hall–Kier alpha value is -0.850. The van der Waals surface area contributed by atoms with Crippen molar-refractivity contribution >= 4 is 6.29 Å². The lowest BCUT2D eigenvalue weighted by molar-refractivity contribution is -0.105. The molecule has 0 heterocycles.